The fourth-order valence-electron chi connectivity index (χ4n) is 2.11. The Bertz CT molecular complexity index is 332. The van der Waals surface area contributed by atoms with Gasteiger partial charge in [0.1, 0.15) is 11.6 Å². The molecule has 0 amide bonds. The van der Waals surface area contributed by atoms with Crippen molar-refractivity contribution in [3.05, 3.63) is 35.4 Å². The second kappa shape index (κ2) is 4.71. The molecule has 0 saturated carbocycles. The van der Waals surface area contributed by atoms with Crippen molar-refractivity contribution >= 4 is 0 Å². The molecule has 0 aromatic heterocycles. The van der Waals surface area contributed by atoms with Crippen LogP contribution < -0.4 is 5.32 Å². The molecule has 1 heterocycles. The summed E-state index contributed by atoms with van der Waals surface area (Å²) in [4.78, 5) is 0. The van der Waals surface area contributed by atoms with Gasteiger partial charge in [-0.05, 0) is 62.0 Å². The van der Waals surface area contributed by atoms with Crippen LogP contribution in [0.5, 0.6) is 0 Å². The molecule has 0 spiro atoms. The van der Waals surface area contributed by atoms with Gasteiger partial charge in [-0.15, -0.1) is 0 Å². The van der Waals surface area contributed by atoms with E-state index in [4.69, 9.17) is 0 Å². The quantitative estimate of drug-likeness (QED) is 0.792. The Morgan fingerprint density at radius 3 is 2.93 bits per heavy atom. The van der Waals surface area contributed by atoms with Crippen molar-refractivity contribution in [2.45, 2.75) is 19.3 Å². The van der Waals surface area contributed by atoms with Gasteiger partial charge in [-0.1, -0.05) is 0 Å². The third-order valence-corrected chi connectivity index (χ3v) is 2.92. The molecule has 0 bridgehead atoms. The molecule has 1 fully saturated rings. The van der Waals surface area contributed by atoms with Gasteiger partial charge in [0.15, 0.2) is 0 Å². The van der Waals surface area contributed by atoms with Gasteiger partial charge in [-0.3, -0.25) is 0 Å². The molecule has 1 atom stereocenters. The second-order valence-electron chi connectivity index (χ2n) is 4.15. The fourth-order valence-corrected chi connectivity index (χ4v) is 2.11. The summed E-state index contributed by atoms with van der Waals surface area (Å²) in [5.74, 6) is -0.202. The van der Waals surface area contributed by atoms with Gasteiger partial charge in [0, 0.05) is 0 Å². The first-order valence-electron chi connectivity index (χ1n) is 5.40. The lowest BCUT2D eigenvalue weighted by Gasteiger charge is -2.22. The minimum absolute atomic E-state index is 0.290. The average Bonchev–Trinajstić information content (AvgIpc) is 2.25. The summed E-state index contributed by atoms with van der Waals surface area (Å²) in [5, 5.41) is 3.27. The summed E-state index contributed by atoms with van der Waals surface area (Å²) in [6.07, 6.45) is 2.86. The summed E-state index contributed by atoms with van der Waals surface area (Å²) < 4.78 is 26.3. The van der Waals surface area contributed by atoms with E-state index in [1.165, 1.54) is 12.1 Å². The van der Waals surface area contributed by atoms with Crippen LogP contribution in [0.4, 0.5) is 8.78 Å². The molecule has 82 valence electrons. The maximum atomic E-state index is 13.3. The summed E-state index contributed by atoms with van der Waals surface area (Å²) in [6, 6.07) is 3.68. The van der Waals surface area contributed by atoms with Crippen molar-refractivity contribution in [2.24, 2.45) is 5.92 Å². The molecule has 1 aliphatic rings. The molecule has 15 heavy (non-hydrogen) atoms. The minimum Gasteiger partial charge on any atom is -0.316 e. The maximum absolute atomic E-state index is 13.3. The highest BCUT2D eigenvalue weighted by molar-refractivity contribution is 5.19. The van der Waals surface area contributed by atoms with E-state index in [1.54, 1.807) is 0 Å². The lowest BCUT2D eigenvalue weighted by Crippen LogP contribution is -2.31. The topological polar surface area (TPSA) is 12.0 Å². The van der Waals surface area contributed by atoms with E-state index in [-0.39, 0.29) is 11.6 Å². The standard InChI is InChI=1S/C12H15F2N/c13-11-3-4-12(14)10(7-11)6-9-2-1-5-15-8-9/h3-4,7,9,15H,1-2,5-6,8H2. The number of hydrogen-bond donors (Lipinski definition) is 1. The molecule has 1 nitrogen and oxygen atoms in total. The van der Waals surface area contributed by atoms with E-state index in [0.717, 1.165) is 32.0 Å². The summed E-state index contributed by atoms with van der Waals surface area (Å²) in [6.45, 7) is 1.96. The molecule has 0 radical (unpaired) electrons. The monoisotopic (exact) mass is 211 g/mol. The second-order valence-corrected chi connectivity index (χ2v) is 4.15. The summed E-state index contributed by atoms with van der Waals surface area (Å²) in [7, 11) is 0. The zero-order valence-corrected chi connectivity index (χ0v) is 8.60. The number of rotatable bonds is 2. The first-order chi connectivity index (χ1) is 7.25. The Balaban J connectivity index is 2.05. The Morgan fingerprint density at radius 1 is 1.33 bits per heavy atom. The molecule has 1 aromatic carbocycles. The number of piperidine rings is 1. The molecule has 1 saturated heterocycles. The van der Waals surface area contributed by atoms with Crippen LogP contribution in [0.25, 0.3) is 0 Å². The van der Waals surface area contributed by atoms with Gasteiger partial charge >= 0.3 is 0 Å². The summed E-state index contributed by atoms with van der Waals surface area (Å²) in [5.41, 5.74) is 0.503. The van der Waals surface area contributed by atoms with E-state index in [9.17, 15) is 8.78 Å². The Hall–Kier alpha value is -0.960. The molecule has 1 aromatic rings. The first kappa shape index (κ1) is 10.6. The van der Waals surface area contributed by atoms with Crippen molar-refractivity contribution < 1.29 is 8.78 Å². The van der Waals surface area contributed by atoms with Gasteiger partial charge in [0.2, 0.25) is 0 Å². The largest absolute Gasteiger partial charge is 0.316 e. The molecule has 1 unspecified atom stereocenters. The maximum Gasteiger partial charge on any atom is 0.126 e. The van der Waals surface area contributed by atoms with E-state index < -0.39 is 0 Å². The number of benzene rings is 1. The van der Waals surface area contributed by atoms with Crippen LogP contribution >= 0.6 is 0 Å². The third-order valence-electron chi connectivity index (χ3n) is 2.92. The van der Waals surface area contributed by atoms with Gasteiger partial charge in [-0.25, -0.2) is 8.78 Å². The van der Waals surface area contributed by atoms with Crippen LogP contribution in [0.2, 0.25) is 0 Å². The van der Waals surface area contributed by atoms with E-state index in [2.05, 4.69) is 5.32 Å². The van der Waals surface area contributed by atoms with Crippen molar-refractivity contribution in [1.82, 2.24) is 5.32 Å². The molecule has 2 rings (SSSR count). The van der Waals surface area contributed by atoms with Crippen LogP contribution in [-0.4, -0.2) is 13.1 Å². The molecule has 1 N–H and O–H groups in total. The fraction of sp³-hybridized carbons (Fsp3) is 0.500. The van der Waals surface area contributed by atoms with E-state index >= 15 is 0 Å². The third kappa shape index (κ3) is 2.75. The van der Waals surface area contributed by atoms with Crippen LogP contribution in [0.15, 0.2) is 18.2 Å². The number of halogens is 2. The van der Waals surface area contributed by atoms with E-state index in [1.807, 2.05) is 0 Å². The van der Waals surface area contributed by atoms with Crippen LogP contribution in [-0.2, 0) is 6.42 Å². The Labute approximate surface area is 88.5 Å². The van der Waals surface area contributed by atoms with Crippen molar-refractivity contribution in [3.63, 3.8) is 0 Å². The highest BCUT2D eigenvalue weighted by atomic mass is 19.1. The molecule has 3 heteroatoms. The average molecular weight is 211 g/mol. The zero-order chi connectivity index (χ0) is 10.7. The highest BCUT2D eigenvalue weighted by Gasteiger charge is 2.15. The lowest BCUT2D eigenvalue weighted by molar-refractivity contribution is 0.371. The van der Waals surface area contributed by atoms with Crippen LogP contribution in [0.3, 0.4) is 0 Å². The van der Waals surface area contributed by atoms with Crippen molar-refractivity contribution in [2.75, 3.05) is 13.1 Å². The van der Waals surface area contributed by atoms with Gasteiger partial charge in [-0.2, -0.15) is 0 Å². The predicted molar refractivity (Wildman–Crippen MR) is 55.7 cm³/mol. The normalized spacial score (nSPS) is 21.6. The van der Waals surface area contributed by atoms with Gasteiger partial charge in [0.05, 0.1) is 0 Å². The number of nitrogens with one attached hydrogen (secondary N) is 1. The highest BCUT2D eigenvalue weighted by Crippen LogP contribution is 2.19. The molecular weight excluding hydrogens is 196 g/mol. The van der Waals surface area contributed by atoms with Crippen LogP contribution in [0.1, 0.15) is 18.4 Å². The van der Waals surface area contributed by atoms with Gasteiger partial charge < -0.3 is 5.32 Å². The van der Waals surface area contributed by atoms with Crippen molar-refractivity contribution in [1.29, 1.82) is 0 Å². The van der Waals surface area contributed by atoms with E-state index in [0.29, 0.717) is 17.9 Å². The SMILES string of the molecule is Fc1ccc(F)c(CC2CCCNC2)c1. The molecule has 0 aliphatic carbocycles. The minimum atomic E-state index is -0.352. The number of hydrogen-bond acceptors (Lipinski definition) is 1. The smallest absolute Gasteiger partial charge is 0.126 e. The van der Waals surface area contributed by atoms with Crippen molar-refractivity contribution in [3.8, 4) is 0 Å². The molecular formula is C12H15F2N. The molecule has 1 aliphatic heterocycles. The Morgan fingerprint density at radius 2 is 2.20 bits per heavy atom. The summed E-state index contributed by atoms with van der Waals surface area (Å²) >= 11 is 0. The zero-order valence-electron chi connectivity index (χ0n) is 8.60. The van der Waals surface area contributed by atoms with Crippen LogP contribution in [0, 0.1) is 17.6 Å². The Kier molecular flexibility index (Phi) is 3.31. The predicted octanol–water partition coefficient (Wildman–Crippen LogP) is 2.51. The lowest BCUT2D eigenvalue weighted by atomic mass is 9.92. The first-order valence-corrected chi connectivity index (χ1v) is 5.40. The van der Waals surface area contributed by atoms with Gasteiger partial charge in [0.25, 0.3) is 0 Å².